The number of primary amides is 1. The molecule has 8 nitrogen and oxygen atoms in total. The summed E-state index contributed by atoms with van der Waals surface area (Å²) in [6.45, 7) is 1.92. The highest BCUT2D eigenvalue weighted by Crippen LogP contribution is 2.19. The van der Waals surface area contributed by atoms with Crippen LogP contribution in [0.1, 0.15) is 16.9 Å². The number of urea groups is 1. The van der Waals surface area contributed by atoms with Crippen LogP contribution in [0.5, 0.6) is 0 Å². The highest BCUT2D eigenvalue weighted by molar-refractivity contribution is 6.32. The molecule has 3 rings (SSSR count). The maximum Gasteiger partial charge on any atom is 0.314 e. The van der Waals surface area contributed by atoms with Crippen LogP contribution in [0.25, 0.3) is 5.69 Å². The Morgan fingerprint density at radius 2 is 1.79 bits per heavy atom. The van der Waals surface area contributed by atoms with E-state index in [0.717, 1.165) is 0 Å². The highest BCUT2D eigenvalue weighted by atomic mass is 35.5. The summed E-state index contributed by atoms with van der Waals surface area (Å²) in [7, 11) is 0. The Morgan fingerprint density at radius 1 is 1.08 bits per heavy atom. The van der Waals surface area contributed by atoms with Crippen LogP contribution in [0, 0.1) is 0 Å². The second-order valence-corrected chi connectivity index (χ2v) is 5.88. The summed E-state index contributed by atoms with van der Waals surface area (Å²) in [5.74, 6) is -0.223. The van der Waals surface area contributed by atoms with Gasteiger partial charge in [-0.3, -0.25) is 4.79 Å². The number of amides is 3. The second-order valence-electron chi connectivity index (χ2n) is 5.47. The average Bonchev–Trinajstić information content (AvgIpc) is 2.91. The van der Waals surface area contributed by atoms with Crippen LogP contribution >= 0.6 is 11.6 Å². The lowest BCUT2D eigenvalue weighted by Crippen LogP contribution is -2.39. The summed E-state index contributed by atoms with van der Waals surface area (Å²) >= 11 is 6.13. The molecule has 0 spiro atoms. The van der Waals surface area contributed by atoms with Gasteiger partial charge in [0.25, 0.3) is 5.91 Å². The van der Waals surface area contributed by atoms with Gasteiger partial charge in [0.15, 0.2) is 5.69 Å². The molecule has 1 fully saturated rings. The minimum atomic E-state index is -0.464. The van der Waals surface area contributed by atoms with Gasteiger partial charge in [-0.05, 0) is 18.6 Å². The number of hydrogen-bond acceptors (Lipinski definition) is 4. The smallest absolute Gasteiger partial charge is 0.314 e. The molecule has 0 saturated carbocycles. The lowest BCUT2D eigenvalue weighted by atomic mass is 10.3. The van der Waals surface area contributed by atoms with Gasteiger partial charge in [0.1, 0.15) is 0 Å². The summed E-state index contributed by atoms with van der Waals surface area (Å²) in [5.41, 5.74) is 6.19. The van der Waals surface area contributed by atoms with E-state index in [-0.39, 0.29) is 11.6 Å². The van der Waals surface area contributed by atoms with E-state index in [0.29, 0.717) is 43.3 Å². The van der Waals surface area contributed by atoms with Crippen LogP contribution in [0.2, 0.25) is 5.02 Å². The lowest BCUT2D eigenvalue weighted by molar-refractivity contribution is 0.0756. The quantitative estimate of drug-likeness (QED) is 0.880. The molecule has 1 aliphatic heterocycles. The summed E-state index contributed by atoms with van der Waals surface area (Å²) in [6.07, 6.45) is 2.23. The molecule has 1 saturated heterocycles. The SMILES string of the molecule is NC(=O)N1CCCN(C(=O)c2cn(-c3ccccc3Cl)nn2)CC1. The Morgan fingerprint density at radius 3 is 2.54 bits per heavy atom. The van der Waals surface area contributed by atoms with Crippen molar-refractivity contribution < 1.29 is 9.59 Å². The molecule has 0 radical (unpaired) electrons. The molecule has 0 bridgehead atoms. The third-order valence-corrected chi connectivity index (χ3v) is 4.23. The van der Waals surface area contributed by atoms with E-state index in [4.69, 9.17) is 17.3 Å². The monoisotopic (exact) mass is 348 g/mol. The van der Waals surface area contributed by atoms with Crippen LogP contribution in [0.4, 0.5) is 4.79 Å². The van der Waals surface area contributed by atoms with E-state index < -0.39 is 6.03 Å². The van der Waals surface area contributed by atoms with Crippen molar-refractivity contribution in [1.82, 2.24) is 24.8 Å². The van der Waals surface area contributed by atoms with E-state index in [1.54, 1.807) is 23.2 Å². The predicted octanol–water partition coefficient (Wildman–Crippen LogP) is 1.15. The molecule has 2 heterocycles. The summed E-state index contributed by atoms with van der Waals surface area (Å²) in [5, 5.41) is 8.45. The summed E-state index contributed by atoms with van der Waals surface area (Å²) in [6, 6.07) is 6.72. The Kier molecular flexibility index (Phi) is 4.66. The topological polar surface area (TPSA) is 97.4 Å². The molecule has 1 aromatic carbocycles. The first kappa shape index (κ1) is 16.3. The van der Waals surface area contributed by atoms with Gasteiger partial charge in [0.05, 0.1) is 16.9 Å². The Bertz CT molecular complexity index is 762. The number of nitrogens with zero attached hydrogens (tertiary/aromatic N) is 5. The largest absolute Gasteiger partial charge is 0.351 e. The number of rotatable bonds is 2. The number of carbonyl (C=O) groups is 2. The number of carbonyl (C=O) groups excluding carboxylic acids is 2. The van der Waals surface area contributed by atoms with Gasteiger partial charge in [-0.25, -0.2) is 9.48 Å². The Labute approximate surface area is 143 Å². The van der Waals surface area contributed by atoms with Crippen LogP contribution in [-0.2, 0) is 0 Å². The minimum absolute atomic E-state index is 0.223. The first-order valence-corrected chi connectivity index (χ1v) is 7.95. The molecule has 0 atom stereocenters. The van der Waals surface area contributed by atoms with E-state index in [9.17, 15) is 9.59 Å². The molecule has 2 N–H and O–H groups in total. The van der Waals surface area contributed by atoms with E-state index in [2.05, 4.69) is 10.3 Å². The van der Waals surface area contributed by atoms with Crippen molar-refractivity contribution in [3.63, 3.8) is 0 Å². The maximum absolute atomic E-state index is 12.6. The number of hydrogen-bond donors (Lipinski definition) is 1. The zero-order valence-corrected chi connectivity index (χ0v) is 13.7. The fourth-order valence-corrected chi connectivity index (χ4v) is 2.84. The van der Waals surface area contributed by atoms with Gasteiger partial charge in [0.2, 0.25) is 0 Å². The van der Waals surface area contributed by atoms with Crippen molar-refractivity contribution in [2.24, 2.45) is 5.73 Å². The van der Waals surface area contributed by atoms with E-state index in [1.807, 2.05) is 12.1 Å². The van der Waals surface area contributed by atoms with Gasteiger partial charge in [-0.1, -0.05) is 28.9 Å². The number of benzene rings is 1. The zero-order chi connectivity index (χ0) is 17.1. The molecule has 1 aromatic heterocycles. The first-order chi connectivity index (χ1) is 11.6. The Hall–Kier alpha value is -2.61. The fraction of sp³-hybridized carbons (Fsp3) is 0.333. The van der Waals surface area contributed by atoms with Gasteiger partial charge < -0.3 is 15.5 Å². The van der Waals surface area contributed by atoms with Crippen molar-refractivity contribution in [2.75, 3.05) is 26.2 Å². The maximum atomic E-state index is 12.6. The lowest BCUT2D eigenvalue weighted by Gasteiger charge is -2.19. The number of aromatic nitrogens is 3. The van der Waals surface area contributed by atoms with E-state index in [1.165, 1.54) is 9.58 Å². The molecule has 9 heteroatoms. The molecule has 0 unspecified atom stereocenters. The number of para-hydroxylation sites is 1. The molecular weight excluding hydrogens is 332 g/mol. The van der Waals surface area contributed by atoms with Crippen molar-refractivity contribution in [2.45, 2.75) is 6.42 Å². The number of nitrogens with two attached hydrogens (primary N) is 1. The van der Waals surface area contributed by atoms with Crippen molar-refractivity contribution in [1.29, 1.82) is 0 Å². The molecule has 2 aromatic rings. The van der Waals surface area contributed by atoms with Crippen molar-refractivity contribution >= 4 is 23.5 Å². The summed E-state index contributed by atoms with van der Waals surface area (Å²) < 4.78 is 1.48. The van der Waals surface area contributed by atoms with Gasteiger partial charge >= 0.3 is 6.03 Å². The normalized spacial score (nSPS) is 15.2. The molecule has 0 aliphatic carbocycles. The van der Waals surface area contributed by atoms with Crippen molar-refractivity contribution in [3.8, 4) is 5.69 Å². The van der Waals surface area contributed by atoms with Crippen molar-refractivity contribution in [3.05, 3.63) is 41.2 Å². The molecular formula is C15H17ClN6O2. The van der Waals surface area contributed by atoms with Crippen LogP contribution < -0.4 is 5.73 Å². The molecule has 1 aliphatic rings. The second kappa shape index (κ2) is 6.88. The van der Waals surface area contributed by atoms with Crippen LogP contribution in [-0.4, -0.2) is 62.9 Å². The standard InChI is InChI=1S/C15H17ClN6O2/c16-11-4-1-2-5-13(11)22-10-12(18-19-22)14(23)20-6-3-7-21(9-8-20)15(17)24/h1-2,4-5,10H,3,6-9H2,(H2,17,24). The predicted molar refractivity (Wildman–Crippen MR) is 88.0 cm³/mol. The zero-order valence-electron chi connectivity index (χ0n) is 12.9. The van der Waals surface area contributed by atoms with Gasteiger partial charge in [-0.2, -0.15) is 0 Å². The van der Waals surface area contributed by atoms with Gasteiger partial charge in [0, 0.05) is 26.2 Å². The summed E-state index contributed by atoms with van der Waals surface area (Å²) in [4.78, 5) is 27.0. The van der Waals surface area contributed by atoms with E-state index >= 15 is 0 Å². The molecule has 126 valence electrons. The molecule has 24 heavy (non-hydrogen) atoms. The number of halogens is 1. The highest BCUT2D eigenvalue weighted by Gasteiger charge is 2.23. The van der Waals surface area contributed by atoms with Crippen LogP contribution in [0.15, 0.2) is 30.5 Å². The third-order valence-electron chi connectivity index (χ3n) is 3.91. The van der Waals surface area contributed by atoms with Gasteiger partial charge in [-0.15, -0.1) is 5.10 Å². The first-order valence-electron chi connectivity index (χ1n) is 7.57. The van der Waals surface area contributed by atoms with Crippen LogP contribution in [0.3, 0.4) is 0 Å². The minimum Gasteiger partial charge on any atom is -0.351 e. The molecule has 3 amide bonds. The Balaban J connectivity index is 1.74. The third kappa shape index (κ3) is 3.33. The average molecular weight is 349 g/mol. The fourth-order valence-electron chi connectivity index (χ4n) is 2.62.